The number of ether oxygens (including phenoxy) is 1. The minimum Gasteiger partial charge on any atom is -0.389 e. The van der Waals surface area contributed by atoms with Crippen LogP contribution in [0.2, 0.25) is 0 Å². The molecule has 1 fully saturated rings. The average Bonchev–Trinajstić information content (AvgIpc) is 3.17. The molecule has 104 valence electrons. The molecule has 1 aliphatic carbocycles. The standard InChI is InChI=1S/C13H16BrFN2OS/c14-11-9(13(16)19)3-4-10(12(11)15)17-5-6-18-7-8-1-2-8/h3-4,8,17H,1-2,5-7H2,(H2,16,19). The maximum atomic E-state index is 14.0. The molecule has 1 aromatic rings. The molecule has 0 spiro atoms. The fourth-order valence-electron chi connectivity index (χ4n) is 1.67. The van der Waals surface area contributed by atoms with E-state index in [-0.39, 0.29) is 10.8 Å². The Morgan fingerprint density at radius 3 is 2.89 bits per heavy atom. The molecule has 1 aromatic carbocycles. The Balaban J connectivity index is 1.85. The van der Waals surface area contributed by atoms with E-state index < -0.39 is 0 Å². The highest BCUT2D eigenvalue weighted by Gasteiger charge is 2.20. The van der Waals surface area contributed by atoms with Gasteiger partial charge in [0.1, 0.15) is 4.99 Å². The molecule has 0 amide bonds. The molecule has 0 heterocycles. The van der Waals surface area contributed by atoms with E-state index >= 15 is 0 Å². The SMILES string of the molecule is NC(=S)c1ccc(NCCOCC2CC2)c(F)c1Br. The summed E-state index contributed by atoms with van der Waals surface area (Å²) in [5, 5.41) is 3.00. The van der Waals surface area contributed by atoms with E-state index in [1.54, 1.807) is 12.1 Å². The lowest BCUT2D eigenvalue weighted by atomic mass is 10.2. The first kappa shape index (κ1) is 14.7. The zero-order valence-corrected chi connectivity index (χ0v) is 12.8. The molecular formula is C13H16BrFN2OS. The van der Waals surface area contributed by atoms with Crippen LogP contribution in [0.15, 0.2) is 16.6 Å². The number of anilines is 1. The van der Waals surface area contributed by atoms with Crippen LogP contribution in [0, 0.1) is 11.7 Å². The summed E-state index contributed by atoms with van der Waals surface area (Å²) in [6, 6.07) is 3.33. The minimum absolute atomic E-state index is 0.171. The molecule has 3 nitrogen and oxygen atoms in total. The monoisotopic (exact) mass is 346 g/mol. The van der Waals surface area contributed by atoms with Gasteiger partial charge in [-0.15, -0.1) is 0 Å². The van der Waals surface area contributed by atoms with Crippen LogP contribution in [0.1, 0.15) is 18.4 Å². The van der Waals surface area contributed by atoms with Crippen molar-refractivity contribution in [3.05, 3.63) is 28.0 Å². The fraction of sp³-hybridized carbons (Fsp3) is 0.462. The first-order valence-corrected chi connectivity index (χ1v) is 7.39. The third kappa shape index (κ3) is 4.12. The summed E-state index contributed by atoms with van der Waals surface area (Å²) in [5.74, 6) is 0.364. The van der Waals surface area contributed by atoms with Crippen molar-refractivity contribution in [1.29, 1.82) is 0 Å². The van der Waals surface area contributed by atoms with E-state index in [2.05, 4.69) is 21.2 Å². The topological polar surface area (TPSA) is 47.3 Å². The molecule has 6 heteroatoms. The lowest BCUT2D eigenvalue weighted by molar-refractivity contribution is 0.134. The van der Waals surface area contributed by atoms with E-state index in [4.69, 9.17) is 22.7 Å². The zero-order chi connectivity index (χ0) is 13.8. The van der Waals surface area contributed by atoms with Crippen LogP contribution >= 0.6 is 28.1 Å². The summed E-state index contributed by atoms with van der Waals surface area (Å²) >= 11 is 8.01. The van der Waals surface area contributed by atoms with E-state index in [9.17, 15) is 4.39 Å². The van der Waals surface area contributed by atoms with Crippen LogP contribution in [0.4, 0.5) is 10.1 Å². The summed E-state index contributed by atoms with van der Waals surface area (Å²) in [5.41, 5.74) is 6.42. The summed E-state index contributed by atoms with van der Waals surface area (Å²) in [4.78, 5) is 0.171. The highest BCUT2D eigenvalue weighted by atomic mass is 79.9. The number of nitrogens with one attached hydrogen (secondary N) is 1. The molecule has 3 N–H and O–H groups in total. The van der Waals surface area contributed by atoms with E-state index in [0.717, 1.165) is 12.5 Å². The Labute approximate surface area is 125 Å². The number of hydrogen-bond acceptors (Lipinski definition) is 3. The molecule has 19 heavy (non-hydrogen) atoms. The van der Waals surface area contributed by atoms with Gasteiger partial charge in [0.2, 0.25) is 0 Å². The smallest absolute Gasteiger partial charge is 0.161 e. The van der Waals surface area contributed by atoms with E-state index in [0.29, 0.717) is 28.9 Å². The number of halogens is 2. The van der Waals surface area contributed by atoms with Gasteiger partial charge in [-0.05, 0) is 46.8 Å². The Bertz CT molecular complexity index is 480. The van der Waals surface area contributed by atoms with Crippen molar-refractivity contribution < 1.29 is 9.13 Å². The molecule has 1 aliphatic rings. The second-order valence-electron chi connectivity index (χ2n) is 4.60. The highest BCUT2D eigenvalue weighted by molar-refractivity contribution is 9.10. The Morgan fingerprint density at radius 2 is 2.26 bits per heavy atom. The van der Waals surface area contributed by atoms with E-state index in [1.165, 1.54) is 12.8 Å². The number of thiocarbonyl (C=S) groups is 1. The fourth-order valence-corrected chi connectivity index (χ4v) is 2.53. The molecular weight excluding hydrogens is 331 g/mol. The third-order valence-corrected chi connectivity index (χ3v) is 3.96. The van der Waals surface area contributed by atoms with Gasteiger partial charge in [-0.2, -0.15) is 0 Å². The second-order valence-corrected chi connectivity index (χ2v) is 5.83. The first-order valence-electron chi connectivity index (χ1n) is 6.19. The summed E-state index contributed by atoms with van der Waals surface area (Å²) in [7, 11) is 0. The quantitative estimate of drug-likeness (QED) is 0.588. The van der Waals surface area contributed by atoms with Gasteiger partial charge >= 0.3 is 0 Å². The number of hydrogen-bond donors (Lipinski definition) is 2. The largest absolute Gasteiger partial charge is 0.389 e. The molecule has 1 saturated carbocycles. The summed E-state index contributed by atoms with van der Waals surface area (Å²) < 4.78 is 19.8. The molecule has 0 saturated heterocycles. The van der Waals surface area contributed by atoms with Gasteiger partial charge in [0, 0.05) is 18.7 Å². The predicted octanol–water partition coefficient (Wildman–Crippen LogP) is 3.06. The molecule has 0 aliphatic heterocycles. The van der Waals surface area contributed by atoms with E-state index in [1.807, 2.05) is 0 Å². The second kappa shape index (κ2) is 6.63. The van der Waals surface area contributed by atoms with Gasteiger partial charge in [-0.1, -0.05) is 12.2 Å². The van der Waals surface area contributed by atoms with Crippen molar-refractivity contribution in [2.45, 2.75) is 12.8 Å². The maximum absolute atomic E-state index is 14.0. The number of benzene rings is 1. The molecule has 0 radical (unpaired) electrons. The van der Waals surface area contributed by atoms with Crippen LogP contribution in [0.5, 0.6) is 0 Å². The van der Waals surface area contributed by atoms with Crippen molar-refractivity contribution in [3.63, 3.8) is 0 Å². The molecule has 0 atom stereocenters. The van der Waals surface area contributed by atoms with Crippen LogP contribution in [0.25, 0.3) is 0 Å². The maximum Gasteiger partial charge on any atom is 0.161 e. The minimum atomic E-state index is -0.382. The van der Waals surface area contributed by atoms with Crippen molar-refractivity contribution in [2.75, 3.05) is 25.1 Å². The lowest BCUT2D eigenvalue weighted by Crippen LogP contribution is -2.14. The van der Waals surface area contributed by atoms with Gasteiger partial charge in [0.15, 0.2) is 5.82 Å². The van der Waals surface area contributed by atoms with Crippen molar-refractivity contribution in [1.82, 2.24) is 0 Å². The zero-order valence-electron chi connectivity index (χ0n) is 10.4. The molecule has 0 aromatic heterocycles. The van der Waals surface area contributed by atoms with Gasteiger partial charge in [0.05, 0.1) is 16.8 Å². The third-order valence-electron chi connectivity index (χ3n) is 2.96. The van der Waals surface area contributed by atoms with Crippen LogP contribution in [-0.4, -0.2) is 24.7 Å². The van der Waals surface area contributed by atoms with Crippen molar-refractivity contribution in [2.24, 2.45) is 11.7 Å². The highest BCUT2D eigenvalue weighted by Crippen LogP contribution is 2.29. The molecule has 0 bridgehead atoms. The van der Waals surface area contributed by atoms with Crippen molar-refractivity contribution >= 4 is 38.8 Å². The van der Waals surface area contributed by atoms with Gasteiger partial charge < -0.3 is 15.8 Å². The average molecular weight is 347 g/mol. The summed E-state index contributed by atoms with van der Waals surface area (Å²) in [6.45, 7) is 1.96. The van der Waals surface area contributed by atoms with Gasteiger partial charge in [-0.3, -0.25) is 0 Å². The van der Waals surface area contributed by atoms with Crippen LogP contribution < -0.4 is 11.1 Å². The van der Waals surface area contributed by atoms with Crippen LogP contribution in [-0.2, 0) is 4.74 Å². The van der Waals surface area contributed by atoms with Crippen LogP contribution in [0.3, 0.4) is 0 Å². The van der Waals surface area contributed by atoms with Gasteiger partial charge in [-0.25, -0.2) is 4.39 Å². The molecule has 2 rings (SSSR count). The first-order chi connectivity index (χ1) is 9.09. The van der Waals surface area contributed by atoms with Crippen molar-refractivity contribution in [3.8, 4) is 0 Å². The lowest BCUT2D eigenvalue weighted by Gasteiger charge is -2.11. The number of rotatable bonds is 7. The Hall–Kier alpha value is -0.720. The normalized spacial score (nSPS) is 14.4. The summed E-state index contributed by atoms with van der Waals surface area (Å²) in [6.07, 6.45) is 2.55. The Kier molecular flexibility index (Phi) is 5.13. The van der Waals surface area contributed by atoms with Gasteiger partial charge in [0.25, 0.3) is 0 Å². The predicted molar refractivity (Wildman–Crippen MR) is 82.0 cm³/mol. The Morgan fingerprint density at radius 1 is 1.53 bits per heavy atom. The molecule has 0 unspecified atom stereocenters. The number of nitrogens with two attached hydrogens (primary N) is 1.